The second-order valence-corrected chi connectivity index (χ2v) is 7.26. The molecule has 1 rings (SSSR count). The van der Waals surface area contributed by atoms with E-state index in [4.69, 9.17) is 0 Å². The lowest BCUT2D eigenvalue weighted by molar-refractivity contribution is 0.583. The standard InChI is InChI=1S/C9H14INO2S2/c1-2-8-4-5-9(14-8)15(12,13)11-7-3-6-10/h4-5,11H,2-3,6-7H2,1H3. The van der Waals surface area contributed by atoms with Crippen molar-refractivity contribution in [2.24, 2.45) is 0 Å². The van der Waals surface area contributed by atoms with Crippen LogP contribution in [0.3, 0.4) is 0 Å². The maximum atomic E-state index is 11.7. The lowest BCUT2D eigenvalue weighted by atomic mass is 10.4. The van der Waals surface area contributed by atoms with Crippen molar-refractivity contribution in [3.63, 3.8) is 0 Å². The lowest BCUT2D eigenvalue weighted by Crippen LogP contribution is -2.24. The number of aryl methyl sites for hydroxylation is 1. The molecule has 0 amide bonds. The monoisotopic (exact) mass is 359 g/mol. The van der Waals surface area contributed by atoms with Crippen LogP contribution < -0.4 is 4.72 Å². The second-order valence-electron chi connectivity index (χ2n) is 3.01. The Morgan fingerprint density at radius 1 is 1.47 bits per heavy atom. The summed E-state index contributed by atoms with van der Waals surface area (Å²) in [6.07, 6.45) is 1.75. The van der Waals surface area contributed by atoms with Crippen molar-refractivity contribution in [1.29, 1.82) is 0 Å². The summed E-state index contributed by atoms with van der Waals surface area (Å²) in [5.41, 5.74) is 0. The molecule has 15 heavy (non-hydrogen) atoms. The minimum Gasteiger partial charge on any atom is -0.210 e. The second kappa shape index (κ2) is 6.17. The van der Waals surface area contributed by atoms with E-state index in [1.807, 2.05) is 13.0 Å². The zero-order valence-electron chi connectivity index (χ0n) is 8.49. The summed E-state index contributed by atoms with van der Waals surface area (Å²) < 4.78 is 27.4. The highest BCUT2D eigenvalue weighted by Crippen LogP contribution is 2.21. The molecule has 0 aliphatic heterocycles. The zero-order valence-corrected chi connectivity index (χ0v) is 12.3. The van der Waals surface area contributed by atoms with Crippen molar-refractivity contribution in [3.8, 4) is 0 Å². The highest BCUT2D eigenvalue weighted by Gasteiger charge is 2.15. The van der Waals surface area contributed by atoms with E-state index in [2.05, 4.69) is 27.3 Å². The molecule has 1 N–H and O–H groups in total. The van der Waals surface area contributed by atoms with Gasteiger partial charge in [0.15, 0.2) is 0 Å². The molecule has 0 fully saturated rings. The summed E-state index contributed by atoms with van der Waals surface area (Å²) in [6.45, 7) is 2.54. The molecular formula is C9H14INO2S2. The summed E-state index contributed by atoms with van der Waals surface area (Å²) >= 11 is 3.58. The molecule has 0 saturated carbocycles. The molecule has 0 atom stereocenters. The number of nitrogens with one attached hydrogen (secondary N) is 1. The Bertz CT molecular complexity index is 400. The highest BCUT2D eigenvalue weighted by atomic mass is 127. The minimum atomic E-state index is -3.26. The first-order valence-electron chi connectivity index (χ1n) is 4.74. The van der Waals surface area contributed by atoms with Crippen LogP contribution in [0.1, 0.15) is 18.2 Å². The van der Waals surface area contributed by atoms with Crippen LogP contribution in [0.4, 0.5) is 0 Å². The maximum absolute atomic E-state index is 11.7. The molecule has 1 aromatic rings. The first kappa shape index (κ1) is 13.4. The van der Waals surface area contributed by atoms with Crippen molar-refractivity contribution < 1.29 is 8.42 Å². The molecule has 86 valence electrons. The predicted molar refractivity (Wildman–Crippen MR) is 72.4 cm³/mol. The van der Waals surface area contributed by atoms with Gasteiger partial charge >= 0.3 is 0 Å². The first-order chi connectivity index (χ1) is 7.10. The summed E-state index contributed by atoms with van der Waals surface area (Å²) in [5.74, 6) is 0. The van der Waals surface area contributed by atoms with Crippen molar-refractivity contribution in [2.75, 3.05) is 11.0 Å². The molecule has 0 saturated heterocycles. The maximum Gasteiger partial charge on any atom is 0.250 e. The van der Waals surface area contributed by atoms with E-state index < -0.39 is 10.0 Å². The Kier molecular flexibility index (Phi) is 5.51. The SMILES string of the molecule is CCc1ccc(S(=O)(=O)NCCCI)s1. The van der Waals surface area contributed by atoms with Gasteiger partial charge < -0.3 is 0 Å². The number of alkyl halides is 1. The van der Waals surface area contributed by atoms with Crippen molar-refractivity contribution in [2.45, 2.75) is 24.0 Å². The summed E-state index contributed by atoms with van der Waals surface area (Å²) in [6, 6.07) is 3.55. The van der Waals surface area contributed by atoms with E-state index >= 15 is 0 Å². The van der Waals surface area contributed by atoms with Gasteiger partial charge in [0.05, 0.1) is 0 Å². The predicted octanol–water partition coefficient (Wildman–Crippen LogP) is 2.41. The third-order valence-electron chi connectivity index (χ3n) is 1.85. The molecule has 3 nitrogen and oxygen atoms in total. The van der Waals surface area contributed by atoms with Gasteiger partial charge in [-0.25, -0.2) is 13.1 Å². The molecule has 0 unspecified atom stereocenters. The van der Waals surface area contributed by atoms with E-state index in [1.54, 1.807) is 6.07 Å². The fraction of sp³-hybridized carbons (Fsp3) is 0.556. The van der Waals surface area contributed by atoms with Gasteiger partial charge in [0.25, 0.3) is 0 Å². The van der Waals surface area contributed by atoms with Gasteiger partial charge in [-0.1, -0.05) is 29.5 Å². The summed E-state index contributed by atoms with van der Waals surface area (Å²) in [4.78, 5) is 1.10. The Morgan fingerprint density at radius 2 is 2.20 bits per heavy atom. The van der Waals surface area contributed by atoms with Crippen LogP contribution in [0.15, 0.2) is 16.3 Å². The zero-order chi connectivity index (χ0) is 11.3. The van der Waals surface area contributed by atoms with E-state index in [1.165, 1.54) is 11.3 Å². The lowest BCUT2D eigenvalue weighted by Gasteiger charge is -2.02. The Labute approximate surface area is 108 Å². The van der Waals surface area contributed by atoms with Gasteiger partial charge in [0.2, 0.25) is 10.0 Å². The molecule has 0 aromatic carbocycles. The van der Waals surface area contributed by atoms with Crippen molar-refractivity contribution >= 4 is 44.0 Å². The van der Waals surface area contributed by atoms with E-state index in [0.717, 1.165) is 22.1 Å². The topological polar surface area (TPSA) is 46.2 Å². The Morgan fingerprint density at radius 3 is 2.73 bits per heavy atom. The summed E-state index contributed by atoms with van der Waals surface area (Å²) in [7, 11) is -3.26. The molecule has 0 bridgehead atoms. The van der Waals surface area contributed by atoms with E-state index in [-0.39, 0.29) is 0 Å². The van der Waals surface area contributed by atoms with Crippen LogP contribution in [0.2, 0.25) is 0 Å². The number of rotatable bonds is 6. The number of halogens is 1. The molecular weight excluding hydrogens is 345 g/mol. The van der Waals surface area contributed by atoms with Crippen LogP contribution in [-0.2, 0) is 16.4 Å². The molecule has 0 aliphatic carbocycles. The van der Waals surface area contributed by atoms with Gasteiger partial charge in [-0.05, 0) is 25.0 Å². The number of hydrogen-bond donors (Lipinski definition) is 1. The van der Waals surface area contributed by atoms with Crippen LogP contribution in [0, 0.1) is 0 Å². The quantitative estimate of drug-likeness (QED) is 0.482. The van der Waals surface area contributed by atoms with Crippen LogP contribution in [0.5, 0.6) is 0 Å². The van der Waals surface area contributed by atoms with Gasteiger partial charge in [-0.2, -0.15) is 0 Å². The summed E-state index contributed by atoms with van der Waals surface area (Å²) in [5, 5.41) is 0. The van der Waals surface area contributed by atoms with Crippen LogP contribution in [0.25, 0.3) is 0 Å². The average molecular weight is 359 g/mol. The fourth-order valence-corrected chi connectivity index (χ4v) is 3.83. The van der Waals surface area contributed by atoms with Crippen LogP contribution >= 0.6 is 33.9 Å². The van der Waals surface area contributed by atoms with Crippen LogP contribution in [-0.4, -0.2) is 19.4 Å². The van der Waals surface area contributed by atoms with Crippen molar-refractivity contribution in [1.82, 2.24) is 4.72 Å². The minimum absolute atomic E-state index is 0.424. The molecule has 0 aliphatic rings. The van der Waals surface area contributed by atoms with E-state index in [0.29, 0.717) is 10.8 Å². The van der Waals surface area contributed by atoms with Gasteiger partial charge in [-0.15, -0.1) is 11.3 Å². The Balaban J connectivity index is 2.68. The smallest absolute Gasteiger partial charge is 0.210 e. The van der Waals surface area contributed by atoms with Gasteiger partial charge in [0.1, 0.15) is 4.21 Å². The normalized spacial score (nSPS) is 11.9. The molecule has 6 heteroatoms. The number of hydrogen-bond acceptors (Lipinski definition) is 3. The Hall–Kier alpha value is 0.340. The van der Waals surface area contributed by atoms with Gasteiger partial charge in [-0.3, -0.25) is 0 Å². The third-order valence-corrected chi connectivity index (χ3v) is 5.80. The van der Waals surface area contributed by atoms with Crippen molar-refractivity contribution in [3.05, 3.63) is 17.0 Å². The molecule has 0 radical (unpaired) electrons. The van der Waals surface area contributed by atoms with Gasteiger partial charge in [0, 0.05) is 15.8 Å². The first-order valence-corrected chi connectivity index (χ1v) is 8.57. The average Bonchev–Trinajstić information content (AvgIpc) is 2.66. The number of sulfonamides is 1. The number of thiophene rings is 1. The largest absolute Gasteiger partial charge is 0.250 e. The fourth-order valence-electron chi connectivity index (χ4n) is 1.04. The highest BCUT2D eigenvalue weighted by molar-refractivity contribution is 14.1. The third kappa shape index (κ3) is 4.01. The molecule has 1 aromatic heterocycles. The molecule has 0 spiro atoms. The van der Waals surface area contributed by atoms with E-state index in [9.17, 15) is 8.42 Å². The molecule has 1 heterocycles.